The summed E-state index contributed by atoms with van der Waals surface area (Å²) in [5, 5.41) is 7.09. The van der Waals surface area contributed by atoms with Gasteiger partial charge in [-0.25, -0.2) is 8.78 Å². The van der Waals surface area contributed by atoms with Crippen molar-refractivity contribution in [1.29, 1.82) is 0 Å². The molecule has 3 rings (SSSR count). The molecule has 0 bridgehead atoms. The first-order valence-electron chi connectivity index (χ1n) is 7.34. The number of halogens is 4. The summed E-state index contributed by atoms with van der Waals surface area (Å²) in [6.45, 7) is 0. The SMILES string of the molecule is COc1ccc(Cc2nnc(Sc3c(F)c(F)nc(F)c3F)o2)cc1OC. The van der Waals surface area contributed by atoms with Crippen LogP contribution in [0.1, 0.15) is 11.5 Å². The van der Waals surface area contributed by atoms with Crippen molar-refractivity contribution >= 4 is 11.8 Å². The van der Waals surface area contributed by atoms with E-state index in [1.54, 1.807) is 18.2 Å². The van der Waals surface area contributed by atoms with Crippen molar-refractivity contribution in [2.24, 2.45) is 0 Å². The minimum atomic E-state index is -1.76. The molecule has 0 spiro atoms. The van der Waals surface area contributed by atoms with E-state index in [0.29, 0.717) is 11.5 Å². The fourth-order valence-electron chi connectivity index (χ4n) is 2.16. The topological polar surface area (TPSA) is 70.3 Å². The van der Waals surface area contributed by atoms with Crippen molar-refractivity contribution in [1.82, 2.24) is 15.2 Å². The molecule has 0 fully saturated rings. The highest BCUT2D eigenvalue weighted by atomic mass is 32.2. The van der Waals surface area contributed by atoms with Crippen LogP contribution in [0.3, 0.4) is 0 Å². The third kappa shape index (κ3) is 3.97. The zero-order chi connectivity index (χ0) is 19.6. The maximum Gasteiger partial charge on any atom is 0.281 e. The lowest BCUT2D eigenvalue weighted by Crippen LogP contribution is -2.01. The number of hydrogen-bond donors (Lipinski definition) is 0. The lowest BCUT2D eigenvalue weighted by molar-refractivity contribution is 0.354. The summed E-state index contributed by atoms with van der Waals surface area (Å²) in [5.74, 6) is -5.65. The van der Waals surface area contributed by atoms with Crippen LogP contribution in [-0.4, -0.2) is 29.4 Å². The molecule has 0 saturated carbocycles. The first-order chi connectivity index (χ1) is 12.9. The molecule has 11 heteroatoms. The van der Waals surface area contributed by atoms with Gasteiger partial charge in [-0.2, -0.15) is 13.8 Å². The van der Waals surface area contributed by atoms with Crippen molar-refractivity contribution in [2.75, 3.05) is 14.2 Å². The summed E-state index contributed by atoms with van der Waals surface area (Å²) in [6, 6.07) is 5.13. The first-order valence-corrected chi connectivity index (χ1v) is 8.15. The van der Waals surface area contributed by atoms with Gasteiger partial charge in [0.15, 0.2) is 23.1 Å². The van der Waals surface area contributed by atoms with Crippen LogP contribution < -0.4 is 9.47 Å². The molecule has 0 aliphatic heterocycles. The Labute approximate surface area is 154 Å². The van der Waals surface area contributed by atoms with E-state index in [0.717, 1.165) is 5.56 Å². The lowest BCUT2D eigenvalue weighted by Gasteiger charge is -2.08. The minimum absolute atomic E-state index is 0.125. The summed E-state index contributed by atoms with van der Waals surface area (Å²) < 4.78 is 69.2. The van der Waals surface area contributed by atoms with E-state index in [-0.39, 0.29) is 29.3 Å². The molecule has 0 amide bonds. The van der Waals surface area contributed by atoms with Crippen molar-refractivity contribution in [3.8, 4) is 11.5 Å². The second-order valence-corrected chi connectivity index (χ2v) is 6.04. The molecule has 27 heavy (non-hydrogen) atoms. The van der Waals surface area contributed by atoms with E-state index < -0.39 is 28.4 Å². The van der Waals surface area contributed by atoms with Gasteiger partial charge < -0.3 is 13.9 Å². The molecule has 0 aliphatic rings. The monoisotopic (exact) mass is 401 g/mol. The van der Waals surface area contributed by atoms with Gasteiger partial charge in [0.1, 0.15) is 0 Å². The maximum atomic E-state index is 13.7. The van der Waals surface area contributed by atoms with Crippen LogP contribution in [0, 0.1) is 23.5 Å². The summed E-state index contributed by atoms with van der Waals surface area (Å²) >= 11 is 0.259. The van der Waals surface area contributed by atoms with Crippen LogP contribution in [-0.2, 0) is 6.42 Å². The highest BCUT2D eigenvalue weighted by molar-refractivity contribution is 7.99. The van der Waals surface area contributed by atoms with E-state index in [4.69, 9.17) is 13.9 Å². The molecule has 142 valence electrons. The fourth-order valence-corrected chi connectivity index (χ4v) is 2.90. The van der Waals surface area contributed by atoms with Gasteiger partial charge in [-0.3, -0.25) is 0 Å². The summed E-state index contributed by atoms with van der Waals surface area (Å²) in [4.78, 5) is 1.52. The van der Waals surface area contributed by atoms with Crippen LogP contribution in [0.2, 0.25) is 0 Å². The van der Waals surface area contributed by atoms with E-state index >= 15 is 0 Å². The molecule has 6 nitrogen and oxygen atoms in total. The zero-order valence-electron chi connectivity index (χ0n) is 13.9. The average molecular weight is 401 g/mol. The van der Waals surface area contributed by atoms with Gasteiger partial charge in [-0.1, -0.05) is 6.07 Å². The van der Waals surface area contributed by atoms with Crippen LogP contribution in [0.15, 0.2) is 32.7 Å². The number of methoxy groups -OCH3 is 2. The highest BCUT2D eigenvalue weighted by Crippen LogP contribution is 2.33. The number of hydrogen-bond acceptors (Lipinski definition) is 7. The third-order valence-electron chi connectivity index (χ3n) is 3.40. The summed E-state index contributed by atoms with van der Waals surface area (Å²) in [7, 11) is 2.99. The summed E-state index contributed by atoms with van der Waals surface area (Å²) in [6.07, 6.45) is 0.192. The van der Waals surface area contributed by atoms with Crippen molar-refractivity contribution in [3.05, 3.63) is 53.2 Å². The Kier molecular flexibility index (Phi) is 5.49. The van der Waals surface area contributed by atoms with Crippen LogP contribution >= 0.6 is 11.8 Å². The van der Waals surface area contributed by atoms with Gasteiger partial charge in [0.25, 0.3) is 17.1 Å². The van der Waals surface area contributed by atoms with E-state index in [1.165, 1.54) is 14.2 Å². The average Bonchev–Trinajstić information content (AvgIpc) is 3.10. The summed E-state index contributed by atoms with van der Waals surface area (Å²) in [5.41, 5.74) is 0.742. The largest absolute Gasteiger partial charge is 0.493 e. The molecular weight excluding hydrogens is 390 g/mol. The lowest BCUT2D eigenvalue weighted by atomic mass is 10.1. The van der Waals surface area contributed by atoms with Gasteiger partial charge in [-0.15, -0.1) is 10.2 Å². The third-order valence-corrected chi connectivity index (χ3v) is 4.30. The molecule has 2 aromatic heterocycles. The second-order valence-electron chi connectivity index (χ2n) is 5.08. The molecule has 0 atom stereocenters. The number of rotatable bonds is 6. The molecule has 1 aromatic carbocycles. The van der Waals surface area contributed by atoms with Crippen LogP contribution in [0.4, 0.5) is 17.6 Å². The van der Waals surface area contributed by atoms with E-state index in [2.05, 4.69) is 15.2 Å². The number of ether oxygens (including phenoxy) is 2. The molecule has 0 saturated heterocycles. The zero-order valence-corrected chi connectivity index (χ0v) is 14.7. The smallest absolute Gasteiger partial charge is 0.281 e. The van der Waals surface area contributed by atoms with Gasteiger partial charge in [0.2, 0.25) is 5.89 Å². The van der Waals surface area contributed by atoms with Crippen molar-refractivity contribution < 1.29 is 31.5 Å². The molecule has 3 aromatic rings. The predicted molar refractivity (Wildman–Crippen MR) is 84.8 cm³/mol. The van der Waals surface area contributed by atoms with E-state index in [1.807, 2.05) is 0 Å². The standard InChI is InChI=1S/C16H11F4N3O3S/c1-24-8-4-3-7(5-9(8)25-2)6-10-22-23-16(26-10)27-13-11(17)14(19)21-15(20)12(13)18/h3-5H,6H2,1-2H3. The highest BCUT2D eigenvalue weighted by Gasteiger charge is 2.23. The maximum absolute atomic E-state index is 13.7. The van der Waals surface area contributed by atoms with Gasteiger partial charge in [-0.05, 0) is 29.5 Å². The normalized spacial score (nSPS) is 10.9. The Morgan fingerprint density at radius 3 is 2.26 bits per heavy atom. The fraction of sp³-hybridized carbons (Fsp3) is 0.188. The van der Waals surface area contributed by atoms with Gasteiger partial charge >= 0.3 is 0 Å². The minimum Gasteiger partial charge on any atom is -0.493 e. The van der Waals surface area contributed by atoms with Crippen molar-refractivity contribution in [3.63, 3.8) is 0 Å². The molecule has 0 N–H and O–H groups in total. The number of benzene rings is 1. The molecule has 2 heterocycles. The number of pyridine rings is 1. The van der Waals surface area contributed by atoms with Gasteiger partial charge in [0.05, 0.1) is 25.5 Å². The Hall–Kier alpha value is -2.82. The second kappa shape index (κ2) is 7.82. The van der Waals surface area contributed by atoms with E-state index in [9.17, 15) is 17.6 Å². The molecule has 0 unspecified atom stereocenters. The quantitative estimate of drug-likeness (QED) is 0.460. The molecular formula is C16H11F4N3O3S. The Balaban J connectivity index is 1.80. The predicted octanol–water partition coefficient (Wildman–Crippen LogP) is 3.78. The van der Waals surface area contributed by atoms with Crippen molar-refractivity contribution in [2.45, 2.75) is 16.5 Å². The Morgan fingerprint density at radius 1 is 0.963 bits per heavy atom. The Morgan fingerprint density at radius 2 is 1.63 bits per heavy atom. The number of nitrogens with zero attached hydrogens (tertiary/aromatic N) is 3. The van der Waals surface area contributed by atoms with Gasteiger partial charge in [0, 0.05) is 0 Å². The molecule has 0 aliphatic carbocycles. The number of aromatic nitrogens is 3. The van der Waals surface area contributed by atoms with Crippen LogP contribution in [0.5, 0.6) is 11.5 Å². The van der Waals surface area contributed by atoms with Crippen LogP contribution in [0.25, 0.3) is 0 Å². The Bertz CT molecular complexity index is 958. The first kappa shape index (κ1) is 19.0. The molecule has 0 radical (unpaired) electrons.